The van der Waals surface area contributed by atoms with Crippen molar-refractivity contribution in [3.8, 4) is 0 Å². The van der Waals surface area contributed by atoms with Crippen molar-refractivity contribution in [2.24, 2.45) is 0 Å². The van der Waals surface area contributed by atoms with Crippen LogP contribution in [0.1, 0.15) is 16.8 Å². The number of aliphatic hydroxyl groups excluding tert-OH is 1. The van der Waals surface area contributed by atoms with E-state index in [1.807, 2.05) is 35.2 Å². The quantitative estimate of drug-likeness (QED) is 0.888. The third-order valence-corrected chi connectivity index (χ3v) is 5.01. The predicted molar refractivity (Wildman–Crippen MR) is 99.4 cm³/mol. The van der Waals surface area contributed by atoms with Crippen LogP contribution >= 0.6 is 0 Å². The van der Waals surface area contributed by atoms with E-state index in [0.717, 1.165) is 43.3 Å². The third-order valence-electron chi connectivity index (χ3n) is 5.01. The molecule has 0 spiro atoms. The number of piperazine rings is 1. The van der Waals surface area contributed by atoms with E-state index in [2.05, 4.69) is 14.8 Å². The molecule has 1 amide bonds. The van der Waals surface area contributed by atoms with E-state index < -0.39 is 0 Å². The summed E-state index contributed by atoms with van der Waals surface area (Å²) in [5.74, 6) is 1.72. The minimum Gasteiger partial charge on any atom is -0.391 e. The highest BCUT2D eigenvalue weighted by Gasteiger charge is 2.25. The number of carbonyl (C=O) groups is 1. The van der Waals surface area contributed by atoms with Crippen LogP contribution in [0.3, 0.4) is 0 Å². The smallest absolute Gasteiger partial charge is 0.253 e. The van der Waals surface area contributed by atoms with Crippen LogP contribution < -0.4 is 9.80 Å². The lowest BCUT2D eigenvalue weighted by atomic mass is 10.2. The summed E-state index contributed by atoms with van der Waals surface area (Å²) in [4.78, 5) is 27.7. The molecule has 2 aliphatic rings. The molecule has 2 fully saturated rings. The number of amides is 1. The molecule has 7 heteroatoms. The van der Waals surface area contributed by atoms with E-state index in [4.69, 9.17) is 4.98 Å². The summed E-state index contributed by atoms with van der Waals surface area (Å²) in [6.45, 7) is 4.22. The number of hydrogen-bond donors (Lipinski definition) is 1. The molecule has 26 heavy (non-hydrogen) atoms. The first kappa shape index (κ1) is 16.8. The van der Waals surface area contributed by atoms with Crippen LogP contribution in [0.15, 0.2) is 42.7 Å². The minimum atomic E-state index is -0.284. The molecule has 3 heterocycles. The molecule has 2 aromatic rings. The van der Waals surface area contributed by atoms with Crippen LogP contribution in [-0.4, -0.2) is 71.3 Å². The van der Waals surface area contributed by atoms with Gasteiger partial charge in [-0.2, -0.15) is 0 Å². The topological polar surface area (TPSA) is 72.8 Å². The lowest BCUT2D eigenvalue weighted by Gasteiger charge is -2.35. The number of anilines is 2. The van der Waals surface area contributed by atoms with Crippen LogP contribution in [0.4, 0.5) is 11.6 Å². The average molecular weight is 353 g/mol. The van der Waals surface area contributed by atoms with E-state index in [0.29, 0.717) is 19.6 Å². The Hall–Kier alpha value is -2.67. The summed E-state index contributed by atoms with van der Waals surface area (Å²) in [5.41, 5.74) is 0.732. The lowest BCUT2D eigenvalue weighted by molar-refractivity contribution is 0.0746. The van der Waals surface area contributed by atoms with Gasteiger partial charge in [0.05, 0.1) is 18.5 Å². The third kappa shape index (κ3) is 3.48. The van der Waals surface area contributed by atoms with Gasteiger partial charge in [-0.1, -0.05) is 18.2 Å². The molecule has 1 N–H and O–H groups in total. The molecule has 0 aliphatic carbocycles. The molecule has 0 bridgehead atoms. The van der Waals surface area contributed by atoms with Crippen molar-refractivity contribution in [2.45, 2.75) is 12.5 Å². The summed E-state index contributed by atoms with van der Waals surface area (Å²) >= 11 is 0. The Morgan fingerprint density at radius 1 is 0.962 bits per heavy atom. The molecule has 0 radical (unpaired) electrons. The molecule has 0 unspecified atom stereocenters. The van der Waals surface area contributed by atoms with Gasteiger partial charge in [-0.25, -0.2) is 4.98 Å². The van der Waals surface area contributed by atoms with Gasteiger partial charge in [0.15, 0.2) is 0 Å². The molecular formula is C19H23N5O2. The first-order valence-corrected chi connectivity index (χ1v) is 9.05. The second-order valence-corrected chi connectivity index (χ2v) is 6.77. The van der Waals surface area contributed by atoms with Crippen molar-refractivity contribution in [3.05, 3.63) is 48.3 Å². The highest BCUT2D eigenvalue weighted by molar-refractivity contribution is 5.94. The molecule has 1 aromatic carbocycles. The molecule has 1 atom stereocenters. The van der Waals surface area contributed by atoms with Crippen molar-refractivity contribution in [1.82, 2.24) is 14.9 Å². The van der Waals surface area contributed by atoms with Crippen molar-refractivity contribution in [1.29, 1.82) is 0 Å². The number of benzene rings is 1. The predicted octanol–water partition coefficient (Wildman–Crippen LogP) is 1.01. The highest BCUT2D eigenvalue weighted by Crippen LogP contribution is 2.21. The zero-order valence-corrected chi connectivity index (χ0v) is 14.7. The van der Waals surface area contributed by atoms with Gasteiger partial charge in [-0.05, 0) is 18.6 Å². The van der Waals surface area contributed by atoms with Crippen LogP contribution in [0.5, 0.6) is 0 Å². The molecule has 2 saturated heterocycles. The van der Waals surface area contributed by atoms with Crippen LogP contribution in [-0.2, 0) is 0 Å². The Balaban J connectivity index is 1.40. The molecule has 136 valence electrons. The first-order valence-electron chi connectivity index (χ1n) is 9.05. The Labute approximate surface area is 152 Å². The van der Waals surface area contributed by atoms with Crippen molar-refractivity contribution in [3.63, 3.8) is 0 Å². The number of rotatable bonds is 3. The summed E-state index contributed by atoms with van der Waals surface area (Å²) in [5, 5.41) is 9.72. The highest BCUT2D eigenvalue weighted by atomic mass is 16.3. The van der Waals surface area contributed by atoms with E-state index in [1.54, 1.807) is 12.4 Å². The van der Waals surface area contributed by atoms with Gasteiger partial charge in [0, 0.05) is 44.8 Å². The number of hydrogen-bond acceptors (Lipinski definition) is 6. The fraction of sp³-hybridized carbons (Fsp3) is 0.421. The van der Waals surface area contributed by atoms with E-state index in [1.165, 1.54) is 0 Å². The van der Waals surface area contributed by atoms with Crippen LogP contribution in [0.25, 0.3) is 0 Å². The van der Waals surface area contributed by atoms with Crippen molar-refractivity contribution < 1.29 is 9.90 Å². The van der Waals surface area contributed by atoms with E-state index in [-0.39, 0.29) is 12.0 Å². The standard InChI is InChI=1S/C19H23N5O2/c25-16-6-7-24(14-16)18-13-20-12-17(21-18)22-8-10-23(11-9-22)19(26)15-4-2-1-3-5-15/h1-5,12-13,16,25H,6-11,14H2/t16-/m1/s1. The van der Waals surface area contributed by atoms with E-state index in [9.17, 15) is 9.90 Å². The van der Waals surface area contributed by atoms with Gasteiger partial charge in [-0.3, -0.25) is 9.78 Å². The van der Waals surface area contributed by atoms with Crippen molar-refractivity contribution in [2.75, 3.05) is 49.1 Å². The Bertz CT molecular complexity index is 762. The maximum Gasteiger partial charge on any atom is 0.253 e. The summed E-state index contributed by atoms with van der Waals surface area (Å²) in [6.07, 6.45) is 4.00. The molecule has 2 aliphatic heterocycles. The molecule has 7 nitrogen and oxygen atoms in total. The maximum atomic E-state index is 12.6. The second-order valence-electron chi connectivity index (χ2n) is 6.77. The number of aromatic nitrogens is 2. The molecule has 4 rings (SSSR count). The fourth-order valence-electron chi connectivity index (χ4n) is 3.50. The van der Waals surface area contributed by atoms with Gasteiger partial charge in [0.25, 0.3) is 5.91 Å². The minimum absolute atomic E-state index is 0.0798. The van der Waals surface area contributed by atoms with Gasteiger partial charge in [0.1, 0.15) is 11.6 Å². The maximum absolute atomic E-state index is 12.6. The van der Waals surface area contributed by atoms with Crippen molar-refractivity contribution >= 4 is 17.5 Å². The first-order chi connectivity index (χ1) is 12.7. The van der Waals surface area contributed by atoms with E-state index >= 15 is 0 Å². The average Bonchev–Trinajstić information content (AvgIpc) is 3.15. The molecular weight excluding hydrogens is 330 g/mol. The Kier molecular flexibility index (Phi) is 4.71. The number of carbonyl (C=O) groups excluding carboxylic acids is 1. The number of nitrogens with zero attached hydrogens (tertiary/aromatic N) is 5. The second kappa shape index (κ2) is 7.29. The Morgan fingerprint density at radius 3 is 2.31 bits per heavy atom. The monoisotopic (exact) mass is 353 g/mol. The molecule has 0 saturated carbocycles. The number of β-amino-alcohol motifs (C(OH)–C–C–N with tert-alkyl or cyclic N) is 1. The van der Waals surface area contributed by atoms with Gasteiger partial charge >= 0.3 is 0 Å². The Morgan fingerprint density at radius 2 is 1.65 bits per heavy atom. The number of aliphatic hydroxyl groups is 1. The zero-order valence-electron chi connectivity index (χ0n) is 14.7. The summed E-state index contributed by atoms with van der Waals surface area (Å²) in [7, 11) is 0. The van der Waals surface area contributed by atoms with Gasteiger partial charge in [0.2, 0.25) is 0 Å². The fourth-order valence-corrected chi connectivity index (χ4v) is 3.50. The van der Waals surface area contributed by atoms with Crippen LogP contribution in [0, 0.1) is 0 Å². The normalized spacial score (nSPS) is 20.5. The molecule has 1 aromatic heterocycles. The zero-order chi connectivity index (χ0) is 17.9. The van der Waals surface area contributed by atoms with Gasteiger partial charge in [-0.15, -0.1) is 0 Å². The van der Waals surface area contributed by atoms with Gasteiger partial charge < -0.3 is 19.8 Å². The van der Waals surface area contributed by atoms with Crippen LogP contribution in [0.2, 0.25) is 0 Å². The lowest BCUT2D eigenvalue weighted by Crippen LogP contribution is -2.49. The SMILES string of the molecule is O=C(c1ccccc1)N1CCN(c2cncc(N3CC[C@@H](O)C3)n2)CC1. The largest absolute Gasteiger partial charge is 0.391 e. The summed E-state index contributed by atoms with van der Waals surface area (Å²) < 4.78 is 0. The summed E-state index contributed by atoms with van der Waals surface area (Å²) in [6, 6.07) is 9.40.